The summed E-state index contributed by atoms with van der Waals surface area (Å²) in [5, 5.41) is 3.30. The maximum absolute atomic E-state index is 12.2. The molecule has 0 aromatic rings. The number of hydrogen-bond acceptors (Lipinski definition) is 3. The van der Waals surface area contributed by atoms with Crippen molar-refractivity contribution in [1.29, 1.82) is 0 Å². The molecule has 17 heavy (non-hydrogen) atoms. The fourth-order valence-electron chi connectivity index (χ4n) is 2.86. The van der Waals surface area contributed by atoms with Crippen molar-refractivity contribution < 1.29 is 9.53 Å². The van der Waals surface area contributed by atoms with Crippen LogP contribution in [0.5, 0.6) is 0 Å². The molecule has 0 spiro atoms. The van der Waals surface area contributed by atoms with Gasteiger partial charge in [0.25, 0.3) is 0 Å². The van der Waals surface area contributed by atoms with E-state index in [2.05, 4.69) is 19.2 Å². The lowest BCUT2D eigenvalue weighted by Gasteiger charge is -2.31. The van der Waals surface area contributed by atoms with Crippen LogP contribution in [-0.4, -0.2) is 25.7 Å². The van der Waals surface area contributed by atoms with Gasteiger partial charge in [-0.15, -0.1) is 0 Å². The van der Waals surface area contributed by atoms with Gasteiger partial charge in [0.1, 0.15) is 0 Å². The summed E-state index contributed by atoms with van der Waals surface area (Å²) < 4.78 is 5.52. The molecule has 0 aromatic carbocycles. The third-order valence-electron chi connectivity index (χ3n) is 4.68. The van der Waals surface area contributed by atoms with Crippen LogP contribution in [0, 0.1) is 17.3 Å². The van der Waals surface area contributed by atoms with Crippen molar-refractivity contribution in [3.05, 3.63) is 0 Å². The number of esters is 1. The molecule has 1 heterocycles. The molecule has 0 aromatic heterocycles. The maximum Gasteiger partial charge on any atom is 0.313 e. The van der Waals surface area contributed by atoms with Crippen molar-refractivity contribution in [3.8, 4) is 0 Å². The number of carbonyl (C=O) groups excluding carboxylic acids is 1. The summed E-state index contributed by atoms with van der Waals surface area (Å²) >= 11 is 0. The first-order chi connectivity index (χ1) is 8.15. The van der Waals surface area contributed by atoms with E-state index in [4.69, 9.17) is 4.74 Å². The zero-order valence-electron chi connectivity index (χ0n) is 11.1. The summed E-state index contributed by atoms with van der Waals surface area (Å²) in [7, 11) is 0. The molecule has 2 rings (SSSR count). The first-order valence-corrected chi connectivity index (χ1v) is 7.03. The van der Waals surface area contributed by atoms with Crippen LogP contribution in [0.4, 0.5) is 0 Å². The Morgan fingerprint density at radius 2 is 2.24 bits per heavy atom. The first kappa shape index (κ1) is 12.9. The smallest absolute Gasteiger partial charge is 0.313 e. The number of carbonyl (C=O) groups is 1. The molecule has 2 aliphatic rings. The van der Waals surface area contributed by atoms with E-state index < -0.39 is 0 Å². The van der Waals surface area contributed by atoms with Gasteiger partial charge in [0, 0.05) is 6.54 Å². The Balaban J connectivity index is 1.79. The minimum atomic E-state index is -0.264. The van der Waals surface area contributed by atoms with E-state index in [1.54, 1.807) is 0 Å². The third kappa shape index (κ3) is 2.65. The van der Waals surface area contributed by atoms with Gasteiger partial charge in [0.05, 0.1) is 12.0 Å². The average molecular weight is 239 g/mol. The monoisotopic (exact) mass is 239 g/mol. The summed E-state index contributed by atoms with van der Waals surface area (Å²) in [5.74, 6) is 1.20. The molecule has 1 saturated heterocycles. The van der Waals surface area contributed by atoms with Crippen LogP contribution < -0.4 is 5.32 Å². The third-order valence-corrected chi connectivity index (χ3v) is 4.68. The SMILES string of the molecule is CC(C)C1(C(=O)OCCC2CCC2)CCNC1. The van der Waals surface area contributed by atoms with E-state index in [1.807, 2.05) is 0 Å². The molecule has 1 unspecified atom stereocenters. The summed E-state index contributed by atoms with van der Waals surface area (Å²) in [6.45, 7) is 6.60. The molecule has 3 nitrogen and oxygen atoms in total. The predicted octanol–water partition coefficient (Wildman–Crippen LogP) is 2.36. The van der Waals surface area contributed by atoms with Gasteiger partial charge in [0.15, 0.2) is 0 Å². The highest BCUT2D eigenvalue weighted by Gasteiger charge is 2.45. The van der Waals surface area contributed by atoms with Gasteiger partial charge in [0.2, 0.25) is 0 Å². The second-order valence-electron chi connectivity index (χ2n) is 5.96. The normalized spacial score (nSPS) is 29.4. The Bertz CT molecular complexity index is 265. The van der Waals surface area contributed by atoms with Crippen LogP contribution >= 0.6 is 0 Å². The average Bonchev–Trinajstić information content (AvgIpc) is 2.71. The Labute approximate surface area is 104 Å². The van der Waals surface area contributed by atoms with Crippen molar-refractivity contribution in [2.45, 2.75) is 46.0 Å². The van der Waals surface area contributed by atoms with E-state index in [1.165, 1.54) is 19.3 Å². The molecule has 1 aliphatic carbocycles. The number of rotatable bonds is 5. The first-order valence-electron chi connectivity index (χ1n) is 7.03. The summed E-state index contributed by atoms with van der Waals surface area (Å²) in [6.07, 6.45) is 6.00. The number of nitrogens with one attached hydrogen (secondary N) is 1. The molecular formula is C14H25NO2. The zero-order chi connectivity index (χ0) is 12.3. The lowest BCUT2D eigenvalue weighted by Crippen LogP contribution is -2.40. The molecule has 2 fully saturated rings. The van der Waals surface area contributed by atoms with Crippen molar-refractivity contribution >= 4 is 5.97 Å². The molecule has 0 bridgehead atoms. The number of hydrogen-bond donors (Lipinski definition) is 1. The van der Waals surface area contributed by atoms with Crippen LogP contribution in [0.25, 0.3) is 0 Å². The summed E-state index contributed by atoms with van der Waals surface area (Å²) in [4.78, 5) is 12.2. The van der Waals surface area contributed by atoms with Crippen molar-refractivity contribution in [3.63, 3.8) is 0 Å². The van der Waals surface area contributed by atoms with Gasteiger partial charge in [-0.2, -0.15) is 0 Å². The van der Waals surface area contributed by atoms with E-state index in [-0.39, 0.29) is 11.4 Å². The number of ether oxygens (including phenoxy) is 1. The van der Waals surface area contributed by atoms with Gasteiger partial charge in [-0.1, -0.05) is 33.1 Å². The summed E-state index contributed by atoms with van der Waals surface area (Å²) in [5.41, 5.74) is -0.264. The maximum atomic E-state index is 12.2. The van der Waals surface area contributed by atoms with Gasteiger partial charge in [-0.3, -0.25) is 4.79 Å². The Morgan fingerprint density at radius 1 is 1.47 bits per heavy atom. The fraction of sp³-hybridized carbons (Fsp3) is 0.929. The molecule has 1 aliphatic heterocycles. The topological polar surface area (TPSA) is 38.3 Å². The predicted molar refractivity (Wildman–Crippen MR) is 67.7 cm³/mol. The highest BCUT2D eigenvalue weighted by atomic mass is 16.5. The second kappa shape index (κ2) is 5.38. The zero-order valence-corrected chi connectivity index (χ0v) is 11.1. The molecule has 1 N–H and O–H groups in total. The van der Waals surface area contributed by atoms with E-state index in [9.17, 15) is 4.79 Å². The lowest BCUT2D eigenvalue weighted by molar-refractivity contribution is -0.158. The van der Waals surface area contributed by atoms with Crippen molar-refractivity contribution in [1.82, 2.24) is 5.32 Å². The molecular weight excluding hydrogens is 214 g/mol. The van der Waals surface area contributed by atoms with Gasteiger partial charge >= 0.3 is 5.97 Å². The fourth-order valence-corrected chi connectivity index (χ4v) is 2.86. The van der Waals surface area contributed by atoms with Crippen LogP contribution in [0.2, 0.25) is 0 Å². The summed E-state index contributed by atoms with van der Waals surface area (Å²) in [6, 6.07) is 0. The standard InChI is InChI=1S/C14H25NO2/c1-11(2)14(7-8-15-10-14)13(16)17-9-6-12-4-3-5-12/h11-12,15H,3-10H2,1-2H3. The van der Waals surface area contributed by atoms with E-state index in [0.29, 0.717) is 12.5 Å². The highest BCUT2D eigenvalue weighted by molar-refractivity contribution is 5.78. The van der Waals surface area contributed by atoms with Crippen molar-refractivity contribution in [2.24, 2.45) is 17.3 Å². The Morgan fingerprint density at radius 3 is 2.71 bits per heavy atom. The van der Waals surface area contributed by atoms with E-state index in [0.717, 1.165) is 31.8 Å². The molecule has 3 heteroatoms. The van der Waals surface area contributed by atoms with Crippen molar-refractivity contribution in [2.75, 3.05) is 19.7 Å². The second-order valence-corrected chi connectivity index (χ2v) is 5.96. The van der Waals surface area contributed by atoms with Crippen LogP contribution in [0.1, 0.15) is 46.0 Å². The minimum Gasteiger partial charge on any atom is -0.465 e. The Kier molecular flexibility index (Phi) is 4.08. The molecule has 98 valence electrons. The van der Waals surface area contributed by atoms with E-state index >= 15 is 0 Å². The van der Waals surface area contributed by atoms with Gasteiger partial charge in [-0.05, 0) is 31.2 Å². The Hall–Kier alpha value is -0.570. The molecule has 0 amide bonds. The quantitative estimate of drug-likeness (QED) is 0.748. The minimum absolute atomic E-state index is 0.0248. The van der Waals surface area contributed by atoms with Crippen LogP contribution in [0.15, 0.2) is 0 Å². The molecule has 1 atom stereocenters. The molecule has 0 radical (unpaired) electrons. The van der Waals surface area contributed by atoms with Crippen LogP contribution in [0.3, 0.4) is 0 Å². The van der Waals surface area contributed by atoms with Gasteiger partial charge < -0.3 is 10.1 Å². The lowest BCUT2D eigenvalue weighted by atomic mass is 9.76. The van der Waals surface area contributed by atoms with Crippen LogP contribution in [-0.2, 0) is 9.53 Å². The highest BCUT2D eigenvalue weighted by Crippen LogP contribution is 2.36. The largest absolute Gasteiger partial charge is 0.465 e. The van der Waals surface area contributed by atoms with Gasteiger partial charge in [-0.25, -0.2) is 0 Å². The molecule has 1 saturated carbocycles.